The fourth-order valence-corrected chi connectivity index (χ4v) is 5.19. The monoisotopic (exact) mass is 458 g/mol. The highest BCUT2D eigenvalue weighted by atomic mass is 16.3. The third kappa shape index (κ3) is 4.72. The summed E-state index contributed by atoms with van der Waals surface area (Å²) in [6, 6.07) is 27.0. The largest absolute Gasteiger partial charge is 0.508 e. The lowest BCUT2D eigenvalue weighted by Crippen LogP contribution is -2.48. The van der Waals surface area contributed by atoms with Gasteiger partial charge in [0.2, 0.25) is 5.91 Å². The summed E-state index contributed by atoms with van der Waals surface area (Å²) in [7, 11) is 3.64. The molecule has 3 aromatic carbocycles. The molecule has 4 rings (SSSR count). The van der Waals surface area contributed by atoms with Crippen molar-refractivity contribution >= 4 is 5.91 Å². The second-order valence-electron chi connectivity index (χ2n) is 9.51. The lowest BCUT2D eigenvalue weighted by Gasteiger charge is -2.41. The fraction of sp³-hybridized carbons (Fsp3) is 0.345. The van der Waals surface area contributed by atoms with Crippen molar-refractivity contribution < 1.29 is 15.0 Å². The molecular formula is C29H34N2O3. The van der Waals surface area contributed by atoms with Gasteiger partial charge in [-0.05, 0) is 54.6 Å². The van der Waals surface area contributed by atoms with E-state index < -0.39 is 11.0 Å². The fourth-order valence-electron chi connectivity index (χ4n) is 5.19. The van der Waals surface area contributed by atoms with Crippen LogP contribution in [-0.2, 0) is 15.8 Å². The molecule has 3 aromatic rings. The van der Waals surface area contributed by atoms with Gasteiger partial charge in [0.15, 0.2) is 0 Å². The van der Waals surface area contributed by atoms with E-state index in [1.807, 2.05) is 80.8 Å². The van der Waals surface area contributed by atoms with Crippen molar-refractivity contribution in [2.45, 2.75) is 30.3 Å². The first-order valence-electron chi connectivity index (χ1n) is 11.9. The van der Waals surface area contributed by atoms with Crippen molar-refractivity contribution in [3.05, 3.63) is 102 Å². The number of phenolic OH excluding ortho intramolecular Hbond substituents is 1. The summed E-state index contributed by atoms with van der Waals surface area (Å²) >= 11 is 0. The van der Waals surface area contributed by atoms with Gasteiger partial charge >= 0.3 is 0 Å². The van der Waals surface area contributed by atoms with Gasteiger partial charge in [0.05, 0.1) is 5.60 Å². The number of aliphatic hydroxyl groups is 1. The van der Waals surface area contributed by atoms with E-state index in [9.17, 15) is 15.0 Å². The summed E-state index contributed by atoms with van der Waals surface area (Å²) in [5.41, 5.74) is 1.02. The number of piperidine rings is 1. The number of likely N-dealkylation sites (tertiary alicyclic amines) is 1. The van der Waals surface area contributed by atoms with Crippen molar-refractivity contribution in [2.24, 2.45) is 0 Å². The number of carbonyl (C=O) groups excluding carboxylic acids is 1. The van der Waals surface area contributed by atoms with E-state index in [1.165, 1.54) is 0 Å². The van der Waals surface area contributed by atoms with E-state index in [0.717, 1.165) is 36.3 Å². The molecule has 0 bridgehead atoms. The maximum absolute atomic E-state index is 13.8. The van der Waals surface area contributed by atoms with Crippen LogP contribution in [0.4, 0.5) is 0 Å². The molecule has 1 aliphatic rings. The molecule has 0 spiro atoms. The summed E-state index contributed by atoms with van der Waals surface area (Å²) in [4.78, 5) is 17.8. The molecule has 1 amide bonds. The van der Waals surface area contributed by atoms with E-state index in [-0.39, 0.29) is 11.7 Å². The number of phenols is 1. The zero-order valence-electron chi connectivity index (χ0n) is 20.0. The lowest BCUT2D eigenvalue weighted by molar-refractivity contribution is -0.133. The third-order valence-electron chi connectivity index (χ3n) is 7.17. The van der Waals surface area contributed by atoms with Crippen LogP contribution in [-0.4, -0.2) is 59.6 Å². The van der Waals surface area contributed by atoms with E-state index in [0.29, 0.717) is 19.3 Å². The van der Waals surface area contributed by atoms with Crippen molar-refractivity contribution in [2.75, 3.05) is 33.7 Å². The number of hydrogen-bond donors (Lipinski definition) is 2. The number of amides is 1. The highest BCUT2D eigenvalue weighted by Gasteiger charge is 2.43. The predicted molar refractivity (Wildman–Crippen MR) is 135 cm³/mol. The molecular weight excluding hydrogens is 424 g/mol. The van der Waals surface area contributed by atoms with Gasteiger partial charge in [-0.3, -0.25) is 4.79 Å². The zero-order valence-corrected chi connectivity index (χ0v) is 20.0. The van der Waals surface area contributed by atoms with Crippen molar-refractivity contribution in [1.82, 2.24) is 9.80 Å². The van der Waals surface area contributed by atoms with E-state index in [4.69, 9.17) is 0 Å². The van der Waals surface area contributed by atoms with Crippen LogP contribution in [0.15, 0.2) is 84.9 Å². The Labute approximate surface area is 202 Å². The molecule has 1 heterocycles. The lowest BCUT2D eigenvalue weighted by atomic mass is 9.70. The first-order valence-corrected chi connectivity index (χ1v) is 11.9. The minimum absolute atomic E-state index is 0.0678. The molecule has 0 radical (unpaired) electrons. The minimum atomic E-state index is -0.940. The van der Waals surface area contributed by atoms with Crippen LogP contribution >= 0.6 is 0 Å². The standard InChI is InChI=1S/C29H34N2O3/c1-30(2)27(33)29(23-10-5-3-6-11-23,24-12-7-4-8-13-24)18-21-31-19-16-28(34,17-20-31)25-14-9-15-26(32)22-25/h3-15,22,32,34H,16-21H2,1-2H3. The molecule has 0 unspecified atom stereocenters. The summed E-state index contributed by atoms with van der Waals surface area (Å²) in [5.74, 6) is 0.240. The van der Waals surface area contributed by atoms with Crippen molar-refractivity contribution in [3.8, 4) is 5.75 Å². The molecule has 5 nitrogen and oxygen atoms in total. The summed E-state index contributed by atoms with van der Waals surface area (Å²) in [5, 5.41) is 21.1. The Bertz CT molecular complexity index is 1050. The van der Waals surface area contributed by atoms with Gasteiger partial charge in [-0.1, -0.05) is 72.8 Å². The molecule has 1 fully saturated rings. The van der Waals surface area contributed by atoms with Gasteiger partial charge in [0, 0.05) is 27.2 Å². The van der Waals surface area contributed by atoms with Gasteiger partial charge in [0.1, 0.15) is 11.2 Å². The van der Waals surface area contributed by atoms with Crippen LogP contribution in [0.5, 0.6) is 5.75 Å². The molecule has 178 valence electrons. The molecule has 0 aliphatic carbocycles. The highest BCUT2D eigenvalue weighted by molar-refractivity contribution is 5.91. The Morgan fingerprint density at radius 1 is 0.912 bits per heavy atom. The van der Waals surface area contributed by atoms with Gasteiger partial charge in [0.25, 0.3) is 0 Å². The van der Waals surface area contributed by atoms with Crippen LogP contribution in [0.3, 0.4) is 0 Å². The topological polar surface area (TPSA) is 64.0 Å². The van der Waals surface area contributed by atoms with Crippen molar-refractivity contribution in [1.29, 1.82) is 0 Å². The Morgan fingerprint density at radius 3 is 1.97 bits per heavy atom. The zero-order chi connectivity index (χ0) is 24.2. The van der Waals surface area contributed by atoms with Gasteiger partial charge in [-0.15, -0.1) is 0 Å². The Hall–Kier alpha value is -3.15. The maximum Gasteiger partial charge on any atom is 0.237 e. The number of benzene rings is 3. The quantitative estimate of drug-likeness (QED) is 0.559. The maximum atomic E-state index is 13.8. The van der Waals surface area contributed by atoms with E-state index in [1.54, 1.807) is 23.1 Å². The normalized spacial score (nSPS) is 16.2. The number of likely N-dealkylation sites (N-methyl/N-ethyl adjacent to an activating group) is 1. The Balaban J connectivity index is 1.58. The molecule has 0 aromatic heterocycles. The Morgan fingerprint density at radius 2 is 1.47 bits per heavy atom. The second kappa shape index (κ2) is 10.00. The average Bonchev–Trinajstić information content (AvgIpc) is 2.86. The molecule has 2 N–H and O–H groups in total. The second-order valence-corrected chi connectivity index (χ2v) is 9.51. The van der Waals surface area contributed by atoms with Gasteiger partial charge in [-0.2, -0.15) is 0 Å². The average molecular weight is 459 g/mol. The molecule has 0 saturated carbocycles. The first-order chi connectivity index (χ1) is 16.3. The van der Waals surface area contributed by atoms with Crippen LogP contribution in [0.25, 0.3) is 0 Å². The number of hydrogen-bond acceptors (Lipinski definition) is 4. The number of rotatable bonds is 7. The first kappa shape index (κ1) is 24.0. The van der Waals surface area contributed by atoms with E-state index >= 15 is 0 Å². The molecule has 1 saturated heterocycles. The minimum Gasteiger partial charge on any atom is -0.508 e. The number of nitrogens with zero attached hydrogens (tertiary/aromatic N) is 2. The van der Waals surface area contributed by atoms with Gasteiger partial charge < -0.3 is 20.0 Å². The van der Waals surface area contributed by atoms with E-state index in [2.05, 4.69) is 4.90 Å². The van der Waals surface area contributed by atoms with Crippen molar-refractivity contribution in [3.63, 3.8) is 0 Å². The van der Waals surface area contributed by atoms with Crippen LogP contribution in [0.1, 0.15) is 36.0 Å². The molecule has 1 aliphatic heterocycles. The predicted octanol–water partition coefficient (Wildman–Crippen LogP) is 4.14. The number of carbonyl (C=O) groups is 1. The summed E-state index contributed by atoms with van der Waals surface area (Å²) in [6.45, 7) is 2.18. The molecule has 0 atom stereocenters. The van der Waals surface area contributed by atoms with Crippen LogP contribution in [0.2, 0.25) is 0 Å². The number of aromatic hydroxyl groups is 1. The SMILES string of the molecule is CN(C)C(=O)C(CCN1CCC(O)(c2cccc(O)c2)CC1)(c1ccccc1)c1ccccc1. The Kier molecular flexibility index (Phi) is 7.05. The highest BCUT2D eigenvalue weighted by Crippen LogP contribution is 2.39. The smallest absolute Gasteiger partial charge is 0.237 e. The van der Waals surface area contributed by atoms with Gasteiger partial charge in [-0.25, -0.2) is 0 Å². The van der Waals surface area contributed by atoms with Crippen LogP contribution < -0.4 is 0 Å². The summed E-state index contributed by atoms with van der Waals surface area (Å²) < 4.78 is 0. The molecule has 34 heavy (non-hydrogen) atoms. The molecule has 5 heteroatoms. The summed E-state index contributed by atoms with van der Waals surface area (Å²) in [6.07, 6.45) is 1.81. The third-order valence-corrected chi connectivity index (χ3v) is 7.17. The van der Waals surface area contributed by atoms with Crippen LogP contribution in [0, 0.1) is 0 Å².